The molecule has 0 unspecified atom stereocenters. The van der Waals surface area contributed by atoms with Gasteiger partial charge in [0.2, 0.25) is 0 Å². The molecule has 0 saturated heterocycles. The molecule has 1 atom stereocenters. The minimum Gasteiger partial charge on any atom is -0.0628 e. The van der Waals surface area contributed by atoms with Gasteiger partial charge < -0.3 is 0 Å². The molecular weight excluding hydrogens is 292 g/mol. The number of benzene rings is 3. The van der Waals surface area contributed by atoms with E-state index < -0.39 is 8.80 Å². The molecule has 0 saturated carbocycles. The molecule has 4 rings (SSSR count). The van der Waals surface area contributed by atoms with Crippen LogP contribution >= 0.6 is 0 Å². The van der Waals surface area contributed by atoms with Crippen molar-refractivity contribution < 1.29 is 0 Å². The molecule has 1 aliphatic carbocycles. The Balaban J connectivity index is 1.67. The van der Waals surface area contributed by atoms with Gasteiger partial charge in [-0.25, -0.2) is 0 Å². The van der Waals surface area contributed by atoms with Crippen LogP contribution in [0.2, 0.25) is 6.04 Å². The Kier molecular flexibility index (Phi) is 4.12. The van der Waals surface area contributed by atoms with Crippen LogP contribution in [0.3, 0.4) is 0 Å². The Bertz CT molecular complexity index is 725. The first-order valence-electron chi connectivity index (χ1n) is 8.46. The first-order valence-corrected chi connectivity index (χ1v) is 10.2. The number of hydrogen-bond acceptors (Lipinski definition) is 0. The van der Waals surface area contributed by atoms with E-state index in [-0.39, 0.29) is 0 Å². The minimum absolute atomic E-state index is 0.723. The number of fused-ring (bicyclic) bond motifs is 1. The quantitative estimate of drug-likeness (QED) is 0.638. The molecule has 0 aliphatic heterocycles. The van der Waals surface area contributed by atoms with Crippen LogP contribution in [0.5, 0.6) is 0 Å². The fourth-order valence-electron chi connectivity index (χ4n) is 3.78. The summed E-state index contributed by atoms with van der Waals surface area (Å²) in [7, 11) is -0.724. The Morgan fingerprint density at radius 2 is 1.26 bits per heavy atom. The van der Waals surface area contributed by atoms with Crippen molar-refractivity contribution in [2.75, 3.05) is 0 Å². The third kappa shape index (κ3) is 3.02. The van der Waals surface area contributed by atoms with Gasteiger partial charge in [0.05, 0.1) is 0 Å². The first kappa shape index (κ1) is 14.5. The highest BCUT2D eigenvalue weighted by molar-refractivity contribution is 6.85. The van der Waals surface area contributed by atoms with Crippen molar-refractivity contribution in [1.82, 2.24) is 0 Å². The molecule has 0 fully saturated rings. The van der Waals surface area contributed by atoms with E-state index in [1.807, 2.05) is 0 Å². The molecule has 0 N–H and O–H groups in total. The topological polar surface area (TPSA) is 0 Å². The van der Waals surface area contributed by atoms with Gasteiger partial charge in [-0.2, -0.15) is 0 Å². The van der Waals surface area contributed by atoms with Gasteiger partial charge in [0.1, 0.15) is 8.80 Å². The average Bonchev–Trinajstić information content (AvgIpc) is 3.04. The van der Waals surface area contributed by atoms with Gasteiger partial charge in [0.25, 0.3) is 0 Å². The van der Waals surface area contributed by atoms with Gasteiger partial charge >= 0.3 is 0 Å². The lowest BCUT2D eigenvalue weighted by Crippen LogP contribution is -2.42. The van der Waals surface area contributed by atoms with E-state index in [0.29, 0.717) is 0 Å². The predicted octanol–water partition coefficient (Wildman–Crippen LogP) is 4.03. The molecular formula is C22H21Si. The zero-order valence-corrected chi connectivity index (χ0v) is 14.3. The van der Waals surface area contributed by atoms with Crippen molar-refractivity contribution in [1.29, 1.82) is 0 Å². The van der Waals surface area contributed by atoms with Crippen molar-refractivity contribution >= 4 is 19.2 Å². The second kappa shape index (κ2) is 6.55. The Morgan fingerprint density at radius 3 is 1.91 bits per heavy atom. The molecule has 3 aromatic carbocycles. The third-order valence-electron chi connectivity index (χ3n) is 4.95. The minimum atomic E-state index is -0.724. The molecule has 0 heterocycles. The van der Waals surface area contributed by atoms with E-state index in [1.165, 1.54) is 29.3 Å². The van der Waals surface area contributed by atoms with Crippen molar-refractivity contribution in [3.05, 3.63) is 96.1 Å². The molecule has 23 heavy (non-hydrogen) atoms. The normalized spacial score (nSPS) is 16.5. The highest BCUT2D eigenvalue weighted by Crippen LogP contribution is 2.36. The summed E-state index contributed by atoms with van der Waals surface area (Å²) in [6.07, 6.45) is 2.56. The third-order valence-corrected chi connectivity index (χ3v) is 7.91. The summed E-state index contributed by atoms with van der Waals surface area (Å²) >= 11 is 0. The van der Waals surface area contributed by atoms with Gasteiger partial charge in [-0.05, 0) is 35.9 Å². The van der Waals surface area contributed by atoms with Crippen LogP contribution in [0.15, 0.2) is 84.9 Å². The molecule has 0 nitrogen and oxygen atoms in total. The highest BCUT2D eigenvalue weighted by Gasteiger charge is 2.27. The summed E-state index contributed by atoms with van der Waals surface area (Å²) in [6.45, 7) is 0. The highest BCUT2D eigenvalue weighted by atomic mass is 28.3. The Labute approximate surface area is 140 Å². The largest absolute Gasteiger partial charge is 0.122 e. The lowest BCUT2D eigenvalue weighted by Gasteiger charge is -2.21. The zero-order valence-electron chi connectivity index (χ0n) is 13.3. The zero-order chi connectivity index (χ0) is 15.5. The Morgan fingerprint density at radius 1 is 0.696 bits per heavy atom. The van der Waals surface area contributed by atoms with Crippen molar-refractivity contribution in [3.8, 4) is 0 Å². The monoisotopic (exact) mass is 313 g/mol. The van der Waals surface area contributed by atoms with Crippen LogP contribution < -0.4 is 10.4 Å². The van der Waals surface area contributed by atoms with Crippen LogP contribution in [0.25, 0.3) is 0 Å². The van der Waals surface area contributed by atoms with Crippen LogP contribution in [0, 0.1) is 0 Å². The molecule has 0 bridgehead atoms. The van der Waals surface area contributed by atoms with E-state index in [4.69, 9.17) is 0 Å². The fourth-order valence-corrected chi connectivity index (χ4v) is 6.70. The van der Waals surface area contributed by atoms with Gasteiger partial charge in [0, 0.05) is 0 Å². The van der Waals surface area contributed by atoms with E-state index >= 15 is 0 Å². The van der Waals surface area contributed by atoms with E-state index in [9.17, 15) is 0 Å². The van der Waals surface area contributed by atoms with Crippen LogP contribution in [0.1, 0.15) is 23.5 Å². The summed E-state index contributed by atoms with van der Waals surface area (Å²) in [5.74, 6) is 0.723. The maximum Gasteiger partial charge on any atom is 0.122 e. The molecule has 113 valence electrons. The second-order valence-corrected chi connectivity index (χ2v) is 8.87. The SMILES string of the molecule is c1ccc([Si](C[C@H]2CCc3ccccc32)c2ccccc2)cc1. The van der Waals surface area contributed by atoms with Crippen molar-refractivity contribution in [2.24, 2.45) is 0 Å². The molecule has 0 aromatic heterocycles. The maximum atomic E-state index is 2.35. The molecule has 1 aliphatic rings. The second-order valence-electron chi connectivity index (χ2n) is 6.35. The lowest BCUT2D eigenvalue weighted by molar-refractivity contribution is 0.742. The van der Waals surface area contributed by atoms with E-state index in [1.54, 1.807) is 11.1 Å². The first-order chi connectivity index (χ1) is 11.4. The van der Waals surface area contributed by atoms with Gasteiger partial charge in [0.15, 0.2) is 0 Å². The van der Waals surface area contributed by atoms with E-state index in [0.717, 1.165) is 5.92 Å². The van der Waals surface area contributed by atoms with Crippen LogP contribution in [0.4, 0.5) is 0 Å². The lowest BCUT2D eigenvalue weighted by atomic mass is 10.0. The van der Waals surface area contributed by atoms with Crippen molar-refractivity contribution in [3.63, 3.8) is 0 Å². The summed E-state index contributed by atoms with van der Waals surface area (Å²) < 4.78 is 0. The molecule has 3 aromatic rings. The van der Waals surface area contributed by atoms with Gasteiger partial charge in [-0.15, -0.1) is 0 Å². The maximum absolute atomic E-state index is 2.35. The van der Waals surface area contributed by atoms with Crippen LogP contribution in [-0.2, 0) is 6.42 Å². The predicted molar refractivity (Wildman–Crippen MR) is 100 cm³/mol. The summed E-state index contributed by atoms with van der Waals surface area (Å²) in [6, 6.07) is 32.6. The number of aryl methyl sites for hydroxylation is 1. The number of rotatable bonds is 4. The number of hydrogen-bond donors (Lipinski definition) is 0. The molecule has 0 amide bonds. The molecule has 0 spiro atoms. The van der Waals surface area contributed by atoms with Crippen molar-refractivity contribution in [2.45, 2.75) is 24.8 Å². The van der Waals surface area contributed by atoms with Gasteiger partial charge in [-0.3, -0.25) is 0 Å². The molecule has 1 radical (unpaired) electrons. The fraction of sp³-hybridized carbons (Fsp3) is 0.182. The standard InChI is InChI=1S/C22H21Si/c1-3-10-20(11-4-1)23(21-12-5-2-6-13-21)17-19-16-15-18-9-7-8-14-22(18)19/h1-14,19H,15-17H2/t19-/m1/s1. The average molecular weight is 313 g/mol. The molecule has 1 heteroatoms. The summed E-state index contributed by atoms with van der Waals surface area (Å²) in [5, 5.41) is 3.07. The van der Waals surface area contributed by atoms with Crippen LogP contribution in [-0.4, -0.2) is 8.80 Å². The Hall–Kier alpha value is -2.12. The summed E-state index contributed by atoms with van der Waals surface area (Å²) in [5.41, 5.74) is 3.17. The smallest absolute Gasteiger partial charge is 0.0628 e. The van der Waals surface area contributed by atoms with E-state index in [2.05, 4.69) is 84.9 Å². The summed E-state index contributed by atoms with van der Waals surface area (Å²) in [4.78, 5) is 0. The van der Waals surface area contributed by atoms with Gasteiger partial charge in [-0.1, -0.05) is 95.3 Å².